The Morgan fingerprint density at radius 2 is 2.17 bits per heavy atom. The molecule has 2 nitrogen and oxygen atoms in total. The van der Waals surface area contributed by atoms with E-state index in [1.165, 1.54) is 0 Å². The minimum Gasteiger partial charge on any atom is -0.480 e. The number of aliphatic carboxylic acids is 1. The van der Waals surface area contributed by atoms with Gasteiger partial charge < -0.3 is 5.11 Å². The first-order valence-corrected chi connectivity index (χ1v) is 2.50. The fourth-order valence-corrected chi connectivity index (χ4v) is 0. The molecule has 1 unspecified atom stereocenters. The lowest BCUT2D eigenvalue weighted by atomic mass is 11.3. The maximum atomic E-state index is 9.52. The third-order valence-electron chi connectivity index (χ3n) is 0.187. The summed E-state index contributed by atoms with van der Waals surface area (Å²) in [5.41, 5.74) is 0. The predicted octanol–water partition coefficient (Wildman–Crippen LogP) is 1.03. The monoisotopic (exact) mass is 173 g/mol. The highest BCUT2D eigenvalue weighted by Crippen LogP contribution is 2.02. The zero-order chi connectivity index (χ0) is 5.15. The molecule has 0 aromatic rings. The summed E-state index contributed by atoms with van der Waals surface area (Å²) in [7, 11) is 0. The minimum atomic E-state index is -1.06. The van der Waals surface area contributed by atoms with Crippen LogP contribution in [-0.2, 0) is 4.79 Å². The molecule has 0 amide bonds. The van der Waals surface area contributed by atoms with Gasteiger partial charge in [0.2, 0.25) is 0 Å². The SMILES string of the molecule is O=[13C](O)C(Cl)Br. The third-order valence-corrected chi connectivity index (χ3v) is 0.765. The van der Waals surface area contributed by atoms with Crippen molar-refractivity contribution in [3.05, 3.63) is 0 Å². The van der Waals surface area contributed by atoms with Crippen LogP contribution in [0, 0.1) is 0 Å². The lowest BCUT2D eigenvalue weighted by Gasteiger charge is -1.84. The second-order valence-corrected chi connectivity index (χ2v) is 2.52. The summed E-state index contributed by atoms with van der Waals surface area (Å²) in [6.07, 6.45) is 0. The molecule has 0 saturated heterocycles. The van der Waals surface area contributed by atoms with E-state index in [4.69, 9.17) is 16.7 Å². The number of rotatable bonds is 1. The van der Waals surface area contributed by atoms with Crippen LogP contribution >= 0.6 is 27.5 Å². The largest absolute Gasteiger partial charge is 0.480 e. The Kier molecular flexibility index (Phi) is 2.52. The molecule has 0 heterocycles. The predicted molar refractivity (Wildman–Crippen MR) is 26.2 cm³/mol. The van der Waals surface area contributed by atoms with Crippen LogP contribution in [0.5, 0.6) is 0 Å². The molecule has 0 aromatic heterocycles. The zero-order valence-electron chi connectivity index (χ0n) is 2.69. The van der Waals surface area contributed by atoms with Crippen molar-refractivity contribution in [2.75, 3.05) is 0 Å². The highest BCUT2D eigenvalue weighted by atomic mass is 79.9. The molecule has 0 saturated carbocycles. The number of hydrogen-bond donors (Lipinski definition) is 1. The molecule has 0 aromatic carbocycles. The molecule has 1 N–H and O–H groups in total. The molecule has 0 rings (SSSR count). The van der Waals surface area contributed by atoms with Crippen molar-refractivity contribution in [3.8, 4) is 0 Å². The Hall–Kier alpha value is 0.240. The van der Waals surface area contributed by atoms with Crippen molar-refractivity contribution in [2.45, 2.75) is 4.29 Å². The average molecular weight is 174 g/mol. The summed E-state index contributed by atoms with van der Waals surface area (Å²) in [4.78, 5) is 9.52. The minimum absolute atomic E-state index is 0.947. The van der Waals surface area contributed by atoms with Gasteiger partial charge >= 0.3 is 5.97 Å². The van der Waals surface area contributed by atoms with E-state index in [-0.39, 0.29) is 0 Å². The Labute approximate surface area is 48.2 Å². The van der Waals surface area contributed by atoms with E-state index in [0.29, 0.717) is 0 Å². The van der Waals surface area contributed by atoms with E-state index in [1.54, 1.807) is 0 Å². The van der Waals surface area contributed by atoms with Gasteiger partial charge in [-0.2, -0.15) is 0 Å². The lowest BCUT2D eigenvalue weighted by Crippen LogP contribution is -2.03. The summed E-state index contributed by atoms with van der Waals surface area (Å²) < 4.78 is -0.947. The van der Waals surface area contributed by atoms with Crippen molar-refractivity contribution in [3.63, 3.8) is 0 Å². The highest BCUT2D eigenvalue weighted by molar-refractivity contribution is 9.10. The number of carbonyl (C=O) groups is 1. The molecular formula is C2H2BrClO2. The third kappa shape index (κ3) is 2.48. The summed E-state index contributed by atoms with van der Waals surface area (Å²) in [5, 5.41) is 7.81. The smallest absolute Gasteiger partial charge is 0.332 e. The quantitative estimate of drug-likeness (QED) is 0.476. The standard InChI is InChI=1S/C2H2BrClO2/c3-1(4)2(5)6/h1H,(H,5,6)/i2+1. The van der Waals surface area contributed by atoms with Crippen LogP contribution < -0.4 is 0 Å². The average Bonchev–Trinajstić information content (AvgIpc) is 1.36. The van der Waals surface area contributed by atoms with Gasteiger partial charge in [-0.1, -0.05) is 27.5 Å². The van der Waals surface area contributed by atoms with Gasteiger partial charge in [0.25, 0.3) is 0 Å². The van der Waals surface area contributed by atoms with E-state index in [0.717, 1.165) is 0 Å². The fraction of sp³-hybridized carbons (Fsp3) is 0.500. The van der Waals surface area contributed by atoms with E-state index in [1.807, 2.05) is 0 Å². The second-order valence-electron chi connectivity index (χ2n) is 0.639. The first-order chi connectivity index (χ1) is 2.64. The van der Waals surface area contributed by atoms with E-state index < -0.39 is 10.3 Å². The van der Waals surface area contributed by atoms with Crippen LogP contribution in [0.4, 0.5) is 0 Å². The van der Waals surface area contributed by atoms with E-state index >= 15 is 0 Å². The van der Waals surface area contributed by atoms with E-state index in [2.05, 4.69) is 15.9 Å². The van der Waals surface area contributed by atoms with Crippen molar-refractivity contribution in [2.24, 2.45) is 0 Å². The van der Waals surface area contributed by atoms with Crippen LogP contribution in [0.25, 0.3) is 0 Å². The summed E-state index contributed by atoms with van der Waals surface area (Å²) in [5.74, 6) is -1.06. The van der Waals surface area contributed by atoms with Crippen LogP contribution in [-0.4, -0.2) is 15.4 Å². The van der Waals surface area contributed by atoms with Crippen molar-refractivity contribution < 1.29 is 9.90 Å². The van der Waals surface area contributed by atoms with Gasteiger partial charge in [0.1, 0.15) is 0 Å². The second kappa shape index (κ2) is 2.42. The Balaban J connectivity index is 3.26. The summed E-state index contributed by atoms with van der Waals surface area (Å²) in [6, 6.07) is 0. The first-order valence-electron chi connectivity index (χ1n) is 1.15. The number of alkyl halides is 2. The molecule has 0 aliphatic rings. The molecular weight excluding hydrogens is 172 g/mol. The molecule has 0 aliphatic heterocycles. The molecule has 0 bridgehead atoms. The Bertz CT molecular complexity index is 62.6. The number of carboxylic acids is 1. The van der Waals surface area contributed by atoms with Crippen LogP contribution in [0.3, 0.4) is 0 Å². The molecule has 36 valence electrons. The molecule has 1 atom stereocenters. The maximum Gasteiger partial charge on any atom is 0.332 e. The number of halogens is 2. The van der Waals surface area contributed by atoms with Crippen molar-refractivity contribution in [1.82, 2.24) is 0 Å². The highest BCUT2D eigenvalue weighted by Gasteiger charge is 2.04. The first kappa shape index (κ1) is 6.24. The van der Waals surface area contributed by atoms with Gasteiger partial charge in [0.15, 0.2) is 4.29 Å². The molecule has 0 spiro atoms. The van der Waals surface area contributed by atoms with Crippen LogP contribution in [0.1, 0.15) is 0 Å². The van der Waals surface area contributed by atoms with Gasteiger partial charge in [0.05, 0.1) is 0 Å². The van der Waals surface area contributed by atoms with Crippen LogP contribution in [0.15, 0.2) is 0 Å². The van der Waals surface area contributed by atoms with Crippen molar-refractivity contribution in [1.29, 1.82) is 0 Å². The molecule has 0 fully saturated rings. The van der Waals surface area contributed by atoms with Gasteiger partial charge in [-0.15, -0.1) is 0 Å². The number of hydrogen-bond acceptors (Lipinski definition) is 1. The molecule has 0 radical (unpaired) electrons. The molecule has 4 heteroatoms. The fourth-order valence-electron chi connectivity index (χ4n) is 0. The van der Waals surface area contributed by atoms with E-state index in [9.17, 15) is 4.79 Å². The summed E-state index contributed by atoms with van der Waals surface area (Å²) >= 11 is 7.53. The summed E-state index contributed by atoms with van der Waals surface area (Å²) in [6.45, 7) is 0. The van der Waals surface area contributed by atoms with Gasteiger partial charge in [0, 0.05) is 0 Å². The molecule has 0 aliphatic carbocycles. The van der Waals surface area contributed by atoms with Crippen LogP contribution in [0.2, 0.25) is 0 Å². The van der Waals surface area contributed by atoms with Gasteiger partial charge in [-0.25, -0.2) is 4.79 Å². The normalized spacial score (nSPS) is 13.7. The maximum absolute atomic E-state index is 9.52. The Morgan fingerprint density at radius 3 is 2.17 bits per heavy atom. The zero-order valence-corrected chi connectivity index (χ0v) is 5.03. The lowest BCUT2D eigenvalue weighted by molar-refractivity contribution is -0.134. The van der Waals surface area contributed by atoms with Gasteiger partial charge in [-0.3, -0.25) is 0 Å². The molecule has 6 heavy (non-hydrogen) atoms. The topological polar surface area (TPSA) is 37.3 Å². The number of carboxylic acid groups (broad SMARTS) is 1. The Morgan fingerprint density at radius 1 is 2.00 bits per heavy atom. The van der Waals surface area contributed by atoms with Crippen molar-refractivity contribution >= 4 is 33.5 Å². The van der Waals surface area contributed by atoms with Gasteiger partial charge in [-0.05, 0) is 0 Å².